The molecule has 1 N–H and O–H groups in total. The maximum atomic E-state index is 10.6. The van der Waals surface area contributed by atoms with Gasteiger partial charge in [0.25, 0.3) is 0 Å². The molecule has 0 fully saturated rings. The maximum Gasteiger partial charge on any atom is 0.0948 e. The third-order valence-electron chi connectivity index (χ3n) is 3.00. The highest BCUT2D eigenvalue weighted by molar-refractivity contribution is 8.00. The first-order chi connectivity index (χ1) is 10.3. The molecular formula is C18H20O2S. The van der Waals surface area contributed by atoms with Crippen molar-refractivity contribution < 1.29 is 9.84 Å². The second-order valence-electron chi connectivity index (χ2n) is 4.53. The Morgan fingerprint density at radius 1 is 1.05 bits per heavy atom. The Kier molecular flexibility index (Phi) is 6.38. The minimum atomic E-state index is -0.576. The van der Waals surface area contributed by atoms with Crippen LogP contribution in [-0.2, 0) is 4.74 Å². The number of benzene rings is 2. The van der Waals surface area contributed by atoms with Gasteiger partial charge in [-0.25, -0.2) is 0 Å². The average molecular weight is 300 g/mol. The van der Waals surface area contributed by atoms with Crippen LogP contribution in [0, 0.1) is 0 Å². The molecule has 21 heavy (non-hydrogen) atoms. The van der Waals surface area contributed by atoms with E-state index < -0.39 is 6.10 Å². The summed E-state index contributed by atoms with van der Waals surface area (Å²) in [4.78, 5) is 1.12. The molecule has 0 amide bonds. The van der Waals surface area contributed by atoms with E-state index in [1.54, 1.807) is 18.0 Å². The van der Waals surface area contributed by atoms with Crippen molar-refractivity contribution in [2.45, 2.75) is 23.2 Å². The van der Waals surface area contributed by atoms with E-state index in [0.29, 0.717) is 6.61 Å². The molecule has 0 aliphatic heterocycles. The molecule has 2 atom stereocenters. The standard InChI is InChI=1S/C18H20O2S/c1-2-20-14-13-17(21-16-11-7-4-8-12-16)18(19)15-9-5-3-6-10-15/h3-14,17-19H,2H2,1H3/b14-13+. The van der Waals surface area contributed by atoms with Gasteiger partial charge in [0.15, 0.2) is 0 Å². The Labute approximate surface area is 130 Å². The van der Waals surface area contributed by atoms with Crippen LogP contribution in [0.25, 0.3) is 0 Å². The minimum Gasteiger partial charge on any atom is -0.502 e. The lowest BCUT2D eigenvalue weighted by molar-refractivity contribution is 0.184. The van der Waals surface area contributed by atoms with Gasteiger partial charge >= 0.3 is 0 Å². The first kappa shape index (κ1) is 15.7. The predicted octanol–water partition coefficient (Wildman–Crippen LogP) is 4.43. The van der Waals surface area contributed by atoms with E-state index in [-0.39, 0.29) is 5.25 Å². The first-order valence-electron chi connectivity index (χ1n) is 7.04. The second-order valence-corrected chi connectivity index (χ2v) is 5.79. The average Bonchev–Trinajstić information content (AvgIpc) is 2.55. The van der Waals surface area contributed by atoms with Crippen LogP contribution < -0.4 is 0 Å². The van der Waals surface area contributed by atoms with Crippen molar-refractivity contribution in [1.82, 2.24) is 0 Å². The molecule has 2 nitrogen and oxygen atoms in total. The van der Waals surface area contributed by atoms with Gasteiger partial charge < -0.3 is 9.84 Å². The third-order valence-corrected chi connectivity index (χ3v) is 4.23. The van der Waals surface area contributed by atoms with Gasteiger partial charge in [-0.05, 0) is 30.7 Å². The molecule has 0 aliphatic carbocycles. The number of thioether (sulfide) groups is 1. The Morgan fingerprint density at radius 3 is 2.29 bits per heavy atom. The number of hydrogen-bond donors (Lipinski definition) is 1. The fraction of sp³-hybridized carbons (Fsp3) is 0.222. The van der Waals surface area contributed by atoms with Crippen molar-refractivity contribution in [3.8, 4) is 0 Å². The molecule has 0 aliphatic rings. The van der Waals surface area contributed by atoms with Crippen molar-refractivity contribution in [3.05, 3.63) is 78.6 Å². The normalized spacial score (nSPS) is 14.0. The van der Waals surface area contributed by atoms with Crippen LogP contribution in [0.1, 0.15) is 18.6 Å². The van der Waals surface area contributed by atoms with Gasteiger partial charge in [0.2, 0.25) is 0 Å². The van der Waals surface area contributed by atoms with Crippen molar-refractivity contribution in [1.29, 1.82) is 0 Å². The van der Waals surface area contributed by atoms with E-state index in [9.17, 15) is 5.11 Å². The van der Waals surface area contributed by atoms with Crippen molar-refractivity contribution in [2.24, 2.45) is 0 Å². The van der Waals surface area contributed by atoms with Crippen molar-refractivity contribution in [2.75, 3.05) is 6.61 Å². The van der Waals surface area contributed by atoms with Crippen LogP contribution in [0.15, 0.2) is 77.9 Å². The number of ether oxygens (including phenoxy) is 1. The zero-order valence-corrected chi connectivity index (χ0v) is 12.9. The quantitative estimate of drug-likeness (QED) is 0.606. The van der Waals surface area contributed by atoms with Gasteiger partial charge in [-0.2, -0.15) is 0 Å². The molecule has 2 rings (SSSR count). The van der Waals surface area contributed by atoms with Crippen molar-refractivity contribution in [3.63, 3.8) is 0 Å². The molecule has 0 heterocycles. The summed E-state index contributed by atoms with van der Waals surface area (Å²) in [7, 11) is 0. The highest BCUT2D eigenvalue weighted by Gasteiger charge is 2.19. The maximum absolute atomic E-state index is 10.6. The van der Waals surface area contributed by atoms with Crippen LogP contribution >= 0.6 is 11.8 Å². The molecule has 2 unspecified atom stereocenters. The van der Waals surface area contributed by atoms with E-state index in [2.05, 4.69) is 0 Å². The SMILES string of the molecule is CCO/C=C/C(Sc1ccccc1)C(O)c1ccccc1. The largest absolute Gasteiger partial charge is 0.502 e. The smallest absolute Gasteiger partial charge is 0.0948 e. The van der Waals surface area contributed by atoms with E-state index in [1.807, 2.05) is 73.7 Å². The van der Waals surface area contributed by atoms with Gasteiger partial charge in [0.1, 0.15) is 0 Å². The highest BCUT2D eigenvalue weighted by atomic mass is 32.2. The molecule has 0 aromatic heterocycles. The fourth-order valence-electron chi connectivity index (χ4n) is 1.93. The van der Waals surface area contributed by atoms with Gasteiger partial charge in [0, 0.05) is 4.90 Å². The van der Waals surface area contributed by atoms with Gasteiger partial charge in [-0.1, -0.05) is 48.5 Å². The van der Waals surface area contributed by atoms with Gasteiger partial charge in [-0.15, -0.1) is 11.8 Å². The van der Waals surface area contributed by atoms with Crippen LogP contribution in [0.5, 0.6) is 0 Å². The van der Waals surface area contributed by atoms with Gasteiger partial charge in [0.05, 0.1) is 24.2 Å². The molecular weight excluding hydrogens is 280 g/mol. The lowest BCUT2D eigenvalue weighted by Crippen LogP contribution is -2.12. The van der Waals surface area contributed by atoms with Crippen molar-refractivity contribution >= 4 is 11.8 Å². The summed E-state index contributed by atoms with van der Waals surface area (Å²) in [6.45, 7) is 2.57. The summed E-state index contributed by atoms with van der Waals surface area (Å²) in [5.74, 6) is 0. The molecule has 3 heteroatoms. The first-order valence-corrected chi connectivity index (χ1v) is 7.92. The molecule has 2 aromatic rings. The zero-order valence-electron chi connectivity index (χ0n) is 12.1. The number of hydrogen-bond acceptors (Lipinski definition) is 3. The predicted molar refractivity (Wildman–Crippen MR) is 88.3 cm³/mol. The highest BCUT2D eigenvalue weighted by Crippen LogP contribution is 2.33. The Hall–Kier alpha value is -1.71. The summed E-state index contributed by atoms with van der Waals surface area (Å²) in [5, 5.41) is 10.5. The number of aliphatic hydroxyl groups is 1. The fourth-order valence-corrected chi connectivity index (χ4v) is 2.99. The monoisotopic (exact) mass is 300 g/mol. The van der Waals surface area contributed by atoms with E-state index in [0.717, 1.165) is 10.5 Å². The Balaban J connectivity index is 2.15. The zero-order chi connectivity index (χ0) is 14.9. The summed E-state index contributed by atoms with van der Waals surface area (Å²) in [6.07, 6.45) is 3.01. The minimum absolute atomic E-state index is 0.0960. The van der Waals surface area contributed by atoms with E-state index in [4.69, 9.17) is 4.74 Å². The summed E-state index contributed by atoms with van der Waals surface area (Å²) in [5.41, 5.74) is 0.909. The van der Waals surface area contributed by atoms with Crippen LogP contribution in [0.4, 0.5) is 0 Å². The lowest BCUT2D eigenvalue weighted by atomic mass is 10.1. The van der Waals surface area contributed by atoms with Crippen LogP contribution in [0.3, 0.4) is 0 Å². The van der Waals surface area contributed by atoms with Gasteiger partial charge in [-0.3, -0.25) is 0 Å². The summed E-state index contributed by atoms with van der Waals surface area (Å²) >= 11 is 1.63. The molecule has 0 radical (unpaired) electrons. The number of rotatable bonds is 7. The van der Waals surface area contributed by atoms with Crippen LogP contribution in [0.2, 0.25) is 0 Å². The Morgan fingerprint density at radius 2 is 1.67 bits per heavy atom. The summed E-state index contributed by atoms with van der Waals surface area (Å²) in [6, 6.07) is 19.8. The van der Waals surface area contributed by atoms with E-state index in [1.165, 1.54) is 0 Å². The molecule has 110 valence electrons. The molecule has 0 saturated carbocycles. The molecule has 2 aromatic carbocycles. The van der Waals surface area contributed by atoms with Crippen LogP contribution in [-0.4, -0.2) is 17.0 Å². The Bertz CT molecular complexity index is 540. The van der Waals surface area contributed by atoms with E-state index >= 15 is 0 Å². The third kappa shape index (κ3) is 4.96. The molecule has 0 bridgehead atoms. The topological polar surface area (TPSA) is 29.5 Å². The summed E-state index contributed by atoms with van der Waals surface area (Å²) < 4.78 is 5.28. The molecule has 0 spiro atoms. The lowest BCUT2D eigenvalue weighted by Gasteiger charge is -2.20. The number of aliphatic hydroxyl groups excluding tert-OH is 1. The molecule has 0 saturated heterocycles. The second kappa shape index (κ2) is 8.55.